The zero-order chi connectivity index (χ0) is 13.7. The highest BCUT2D eigenvalue weighted by atomic mass is 32.2. The van der Waals surface area contributed by atoms with Crippen molar-refractivity contribution in [3.63, 3.8) is 0 Å². The minimum atomic E-state index is -0.836. The van der Waals surface area contributed by atoms with Crippen molar-refractivity contribution in [2.45, 2.75) is 18.6 Å². The number of rotatable bonds is 6. The van der Waals surface area contributed by atoms with Gasteiger partial charge in [0.25, 0.3) is 5.69 Å². The van der Waals surface area contributed by atoms with Crippen LogP contribution in [0.2, 0.25) is 0 Å². The molecule has 0 radical (unpaired) electrons. The second-order valence-electron chi connectivity index (χ2n) is 4.06. The van der Waals surface area contributed by atoms with E-state index in [1.165, 1.54) is 12.1 Å². The maximum atomic E-state index is 11.1. The molecule has 2 atom stereocenters. The fourth-order valence-corrected chi connectivity index (χ4v) is 1.87. The first-order chi connectivity index (χ1) is 8.41. The molecule has 6 nitrogen and oxygen atoms in total. The molecule has 0 aliphatic rings. The van der Waals surface area contributed by atoms with Crippen molar-refractivity contribution in [1.29, 1.82) is 0 Å². The van der Waals surface area contributed by atoms with E-state index in [4.69, 9.17) is 5.73 Å². The summed E-state index contributed by atoms with van der Waals surface area (Å²) in [6, 6.07) is 4.52. The van der Waals surface area contributed by atoms with E-state index in [0.29, 0.717) is 6.54 Å². The third-order valence-electron chi connectivity index (χ3n) is 2.67. The fourth-order valence-electron chi connectivity index (χ4n) is 1.42. The highest BCUT2D eigenvalue weighted by Crippen LogP contribution is 2.24. The lowest BCUT2D eigenvalue weighted by Crippen LogP contribution is -2.14. The van der Waals surface area contributed by atoms with Crippen molar-refractivity contribution in [2.24, 2.45) is 0 Å². The van der Waals surface area contributed by atoms with E-state index in [-0.39, 0.29) is 16.6 Å². The Morgan fingerprint density at radius 1 is 1.56 bits per heavy atom. The Labute approximate surface area is 108 Å². The topological polar surface area (TPSA) is 98.3 Å². The molecular formula is C11H17N3O3S. The SMILES string of the molecule is CC(CCNc1ccc([N+](=O)[O-])c(N)c1)S(C)=O. The summed E-state index contributed by atoms with van der Waals surface area (Å²) >= 11 is 0. The zero-order valence-electron chi connectivity index (χ0n) is 10.4. The van der Waals surface area contributed by atoms with Crippen molar-refractivity contribution in [2.75, 3.05) is 23.9 Å². The number of hydrogen-bond donors (Lipinski definition) is 2. The highest BCUT2D eigenvalue weighted by Gasteiger charge is 2.11. The first-order valence-corrected chi connectivity index (χ1v) is 7.14. The molecular weight excluding hydrogens is 254 g/mol. The molecule has 3 N–H and O–H groups in total. The summed E-state index contributed by atoms with van der Waals surface area (Å²) < 4.78 is 11.1. The van der Waals surface area contributed by atoms with Gasteiger partial charge in [-0.3, -0.25) is 14.3 Å². The van der Waals surface area contributed by atoms with Gasteiger partial charge in [-0.2, -0.15) is 0 Å². The number of hydrogen-bond acceptors (Lipinski definition) is 5. The average Bonchev–Trinajstić information content (AvgIpc) is 2.28. The monoisotopic (exact) mass is 271 g/mol. The summed E-state index contributed by atoms with van der Waals surface area (Å²) in [5, 5.41) is 13.8. The van der Waals surface area contributed by atoms with Crippen LogP contribution in [0.5, 0.6) is 0 Å². The van der Waals surface area contributed by atoms with Crippen molar-refractivity contribution in [1.82, 2.24) is 0 Å². The molecule has 0 bridgehead atoms. The second-order valence-corrected chi connectivity index (χ2v) is 5.86. The number of nitrogens with two attached hydrogens (primary N) is 1. The molecule has 0 aliphatic carbocycles. The summed E-state index contributed by atoms with van der Waals surface area (Å²) in [4.78, 5) is 10.1. The van der Waals surface area contributed by atoms with Crippen LogP contribution >= 0.6 is 0 Å². The molecule has 0 saturated heterocycles. The number of nitrogen functional groups attached to an aromatic ring is 1. The zero-order valence-corrected chi connectivity index (χ0v) is 11.2. The van der Waals surface area contributed by atoms with Crippen LogP contribution < -0.4 is 11.1 Å². The predicted octanol–water partition coefficient (Wildman–Crippen LogP) is 1.75. The van der Waals surface area contributed by atoms with Gasteiger partial charge < -0.3 is 11.1 Å². The van der Waals surface area contributed by atoms with E-state index in [1.54, 1.807) is 12.3 Å². The Balaban J connectivity index is 2.56. The van der Waals surface area contributed by atoms with Crippen molar-refractivity contribution in [3.8, 4) is 0 Å². The van der Waals surface area contributed by atoms with Gasteiger partial charge in [0.1, 0.15) is 5.69 Å². The quantitative estimate of drug-likeness (QED) is 0.466. The summed E-state index contributed by atoms with van der Waals surface area (Å²) in [5.41, 5.74) is 6.34. The summed E-state index contributed by atoms with van der Waals surface area (Å²) in [6.45, 7) is 2.57. The minimum absolute atomic E-state index is 0.0939. The molecule has 0 saturated carbocycles. The first-order valence-electron chi connectivity index (χ1n) is 5.52. The Hall–Kier alpha value is -1.63. The normalized spacial score (nSPS) is 13.9. The van der Waals surface area contributed by atoms with E-state index in [0.717, 1.165) is 12.1 Å². The van der Waals surface area contributed by atoms with Crippen LogP contribution in [-0.4, -0.2) is 27.2 Å². The maximum Gasteiger partial charge on any atom is 0.292 e. The number of nitrogens with one attached hydrogen (secondary N) is 1. The van der Waals surface area contributed by atoms with Crippen molar-refractivity contribution >= 4 is 27.9 Å². The molecule has 1 aromatic rings. The molecule has 0 heterocycles. The Bertz CT molecular complexity index is 465. The van der Waals surface area contributed by atoms with E-state index in [1.807, 2.05) is 6.92 Å². The van der Waals surface area contributed by atoms with Gasteiger partial charge in [-0.25, -0.2) is 0 Å². The second kappa shape index (κ2) is 6.34. The molecule has 0 spiro atoms. The molecule has 2 unspecified atom stereocenters. The minimum Gasteiger partial charge on any atom is -0.393 e. The highest BCUT2D eigenvalue weighted by molar-refractivity contribution is 7.84. The fraction of sp³-hybridized carbons (Fsp3) is 0.455. The van der Waals surface area contributed by atoms with Gasteiger partial charge in [0, 0.05) is 40.6 Å². The average molecular weight is 271 g/mol. The number of nitrogens with zero attached hydrogens (tertiary/aromatic N) is 1. The largest absolute Gasteiger partial charge is 0.393 e. The Morgan fingerprint density at radius 2 is 2.22 bits per heavy atom. The molecule has 1 rings (SSSR count). The molecule has 100 valence electrons. The van der Waals surface area contributed by atoms with Gasteiger partial charge >= 0.3 is 0 Å². The summed E-state index contributed by atoms with van der Waals surface area (Å²) in [7, 11) is -0.836. The summed E-state index contributed by atoms with van der Waals surface area (Å²) in [5.74, 6) is 0. The maximum absolute atomic E-state index is 11.1. The molecule has 18 heavy (non-hydrogen) atoms. The van der Waals surface area contributed by atoms with Gasteiger partial charge in [0.2, 0.25) is 0 Å². The number of benzene rings is 1. The van der Waals surface area contributed by atoms with Crippen LogP contribution in [-0.2, 0) is 10.8 Å². The first kappa shape index (κ1) is 14.4. The van der Waals surface area contributed by atoms with Crippen molar-refractivity contribution < 1.29 is 9.13 Å². The van der Waals surface area contributed by atoms with Gasteiger partial charge in [0.15, 0.2) is 0 Å². The molecule has 0 aromatic heterocycles. The molecule has 1 aromatic carbocycles. The van der Waals surface area contributed by atoms with E-state index < -0.39 is 15.7 Å². The lowest BCUT2D eigenvalue weighted by molar-refractivity contribution is -0.383. The Kier molecular flexibility index (Phi) is 5.08. The van der Waals surface area contributed by atoms with Crippen LogP contribution in [0.1, 0.15) is 13.3 Å². The van der Waals surface area contributed by atoms with Gasteiger partial charge in [-0.1, -0.05) is 6.92 Å². The van der Waals surface area contributed by atoms with Crippen LogP contribution in [0.4, 0.5) is 17.1 Å². The van der Waals surface area contributed by atoms with Gasteiger partial charge in [0.05, 0.1) is 4.92 Å². The van der Waals surface area contributed by atoms with E-state index >= 15 is 0 Å². The third-order valence-corrected chi connectivity index (χ3v) is 4.04. The number of anilines is 2. The van der Waals surface area contributed by atoms with E-state index in [9.17, 15) is 14.3 Å². The predicted molar refractivity (Wildman–Crippen MR) is 74.1 cm³/mol. The Morgan fingerprint density at radius 3 is 2.72 bits per heavy atom. The summed E-state index contributed by atoms with van der Waals surface area (Å²) in [6.07, 6.45) is 2.44. The lowest BCUT2D eigenvalue weighted by Gasteiger charge is -2.10. The standard InChI is InChI=1S/C11H17N3O3S/c1-8(18(2)17)5-6-13-9-3-4-11(14(15)16)10(12)7-9/h3-4,7-8,13H,5-6,12H2,1-2H3. The number of nitro groups is 1. The lowest BCUT2D eigenvalue weighted by atomic mass is 10.2. The van der Waals surface area contributed by atoms with Crippen LogP contribution in [0, 0.1) is 10.1 Å². The van der Waals surface area contributed by atoms with Crippen LogP contribution in [0.25, 0.3) is 0 Å². The molecule has 0 fully saturated rings. The van der Waals surface area contributed by atoms with Crippen LogP contribution in [0.3, 0.4) is 0 Å². The molecule has 7 heteroatoms. The van der Waals surface area contributed by atoms with Gasteiger partial charge in [-0.05, 0) is 18.6 Å². The third kappa shape index (κ3) is 3.99. The van der Waals surface area contributed by atoms with Crippen LogP contribution in [0.15, 0.2) is 18.2 Å². The van der Waals surface area contributed by atoms with E-state index in [2.05, 4.69) is 5.32 Å². The van der Waals surface area contributed by atoms with Crippen molar-refractivity contribution in [3.05, 3.63) is 28.3 Å². The molecule has 0 amide bonds. The molecule has 0 aliphatic heterocycles. The number of nitro benzene ring substituents is 1. The van der Waals surface area contributed by atoms with Gasteiger partial charge in [-0.15, -0.1) is 0 Å². The smallest absolute Gasteiger partial charge is 0.292 e.